The molecule has 0 aliphatic carbocycles. The zero-order valence-electron chi connectivity index (χ0n) is 18.4. The van der Waals surface area contributed by atoms with Crippen LogP contribution in [0, 0.1) is 6.92 Å². The number of aromatic amines is 2. The lowest BCUT2D eigenvalue weighted by Crippen LogP contribution is -2.36. The summed E-state index contributed by atoms with van der Waals surface area (Å²) < 4.78 is 11.6. The van der Waals surface area contributed by atoms with E-state index in [1.165, 1.54) is 0 Å². The van der Waals surface area contributed by atoms with Gasteiger partial charge in [0.1, 0.15) is 17.4 Å². The van der Waals surface area contributed by atoms with Gasteiger partial charge in [-0.05, 0) is 38.1 Å². The molecule has 3 N–H and O–H groups in total. The van der Waals surface area contributed by atoms with Crippen molar-refractivity contribution in [2.24, 2.45) is 0 Å². The van der Waals surface area contributed by atoms with Crippen LogP contribution in [-0.4, -0.2) is 51.5 Å². The van der Waals surface area contributed by atoms with E-state index in [-0.39, 0.29) is 6.01 Å². The van der Waals surface area contributed by atoms with Crippen LogP contribution in [0.15, 0.2) is 36.4 Å². The Bertz CT molecular complexity index is 1310. The Hall–Kier alpha value is -3.56. The molecule has 10 heteroatoms. The van der Waals surface area contributed by atoms with Gasteiger partial charge in [-0.2, -0.15) is 15.1 Å². The molecule has 1 fully saturated rings. The summed E-state index contributed by atoms with van der Waals surface area (Å²) in [5, 5.41) is 11.9. The first kappa shape index (κ1) is 21.3. The number of allylic oxidation sites excluding steroid dienone is 1. The van der Waals surface area contributed by atoms with Gasteiger partial charge in [-0.25, -0.2) is 0 Å². The molecule has 0 amide bonds. The number of benzene rings is 1. The van der Waals surface area contributed by atoms with E-state index in [1.54, 1.807) is 0 Å². The molecule has 33 heavy (non-hydrogen) atoms. The minimum Gasteiger partial charge on any atom is -0.423 e. The van der Waals surface area contributed by atoms with E-state index in [0.29, 0.717) is 35.6 Å². The molecule has 0 bridgehead atoms. The normalized spacial score (nSPS) is 14.3. The number of aryl methyl sites for hydroxylation is 1. The van der Waals surface area contributed by atoms with Crippen molar-refractivity contribution in [3.8, 4) is 11.8 Å². The summed E-state index contributed by atoms with van der Waals surface area (Å²) >= 11 is 6.63. The van der Waals surface area contributed by atoms with Crippen LogP contribution in [0.5, 0.6) is 11.8 Å². The fourth-order valence-corrected chi connectivity index (χ4v) is 4.00. The highest BCUT2D eigenvalue weighted by Crippen LogP contribution is 2.36. The van der Waals surface area contributed by atoms with E-state index in [4.69, 9.17) is 21.1 Å². The van der Waals surface area contributed by atoms with Gasteiger partial charge in [-0.1, -0.05) is 17.7 Å². The molecule has 4 aromatic rings. The third kappa shape index (κ3) is 4.64. The Balaban J connectivity index is 1.48. The van der Waals surface area contributed by atoms with Crippen LogP contribution in [0.2, 0.25) is 5.02 Å². The fraction of sp³-hybridized carbons (Fsp3) is 0.261. The van der Waals surface area contributed by atoms with Crippen LogP contribution in [0.4, 0.5) is 17.5 Å². The number of nitrogens with zero attached hydrogens (tertiary/aromatic N) is 4. The van der Waals surface area contributed by atoms with Gasteiger partial charge in [0, 0.05) is 41.8 Å². The van der Waals surface area contributed by atoms with Crippen LogP contribution < -0.4 is 15.0 Å². The van der Waals surface area contributed by atoms with E-state index < -0.39 is 0 Å². The van der Waals surface area contributed by atoms with Crippen LogP contribution in [0.1, 0.15) is 18.3 Å². The maximum absolute atomic E-state index is 6.63. The van der Waals surface area contributed by atoms with Crippen molar-refractivity contribution in [1.29, 1.82) is 0 Å². The Morgan fingerprint density at radius 1 is 1.15 bits per heavy atom. The maximum atomic E-state index is 6.63. The molecule has 3 aromatic heterocycles. The molecule has 170 valence electrons. The second-order valence-corrected chi connectivity index (χ2v) is 8.10. The van der Waals surface area contributed by atoms with E-state index in [0.717, 1.165) is 41.2 Å². The van der Waals surface area contributed by atoms with E-state index in [1.807, 2.05) is 56.3 Å². The minimum absolute atomic E-state index is 0.194. The molecule has 1 saturated heterocycles. The van der Waals surface area contributed by atoms with Crippen LogP contribution >= 0.6 is 11.6 Å². The molecular formula is C23H24ClN7O2. The van der Waals surface area contributed by atoms with Crippen molar-refractivity contribution in [2.45, 2.75) is 13.8 Å². The summed E-state index contributed by atoms with van der Waals surface area (Å²) in [6.07, 6.45) is 3.88. The Labute approximate surface area is 195 Å². The number of H-pyrrole nitrogens is 2. The van der Waals surface area contributed by atoms with E-state index in [2.05, 4.69) is 35.4 Å². The van der Waals surface area contributed by atoms with Crippen LogP contribution in [-0.2, 0) is 4.74 Å². The van der Waals surface area contributed by atoms with Gasteiger partial charge in [0.2, 0.25) is 0 Å². The number of ether oxygens (including phenoxy) is 2. The maximum Gasteiger partial charge on any atom is 0.325 e. The van der Waals surface area contributed by atoms with Gasteiger partial charge >= 0.3 is 6.01 Å². The highest BCUT2D eigenvalue weighted by atomic mass is 35.5. The van der Waals surface area contributed by atoms with Gasteiger partial charge in [-0.3, -0.25) is 5.10 Å². The summed E-state index contributed by atoms with van der Waals surface area (Å²) in [5.74, 6) is 2.44. The van der Waals surface area contributed by atoms with Gasteiger partial charge in [-0.15, -0.1) is 0 Å². The predicted molar refractivity (Wildman–Crippen MR) is 130 cm³/mol. The number of fused-ring (bicyclic) bond motifs is 1. The monoisotopic (exact) mass is 465 g/mol. The third-order valence-electron chi connectivity index (χ3n) is 5.27. The number of nitrogens with one attached hydrogen (secondary N) is 3. The quantitative estimate of drug-likeness (QED) is 0.366. The lowest BCUT2D eigenvalue weighted by atomic mass is 10.2. The van der Waals surface area contributed by atoms with Crippen molar-refractivity contribution < 1.29 is 9.47 Å². The SMILES string of the molecule is C/C=C/c1cc(Nc2cc(N3CCOCC3)nc(Oc3ccc4[nH]c(C)cc4c3Cl)n2)n[nH]1. The summed E-state index contributed by atoms with van der Waals surface area (Å²) in [6, 6.07) is 9.71. The van der Waals surface area contributed by atoms with Gasteiger partial charge < -0.3 is 24.7 Å². The van der Waals surface area contributed by atoms with Crippen molar-refractivity contribution in [3.63, 3.8) is 0 Å². The molecule has 1 aliphatic rings. The molecule has 0 unspecified atom stereocenters. The molecule has 0 atom stereocenters. The van der Waals surface area contributed by atoms with Crippen LogP contribution in [0.25, 0.3) is 17.0 Å². The van der Waals surface area contributed by atoms with E-state index in [9.17, 15) is 0 Å². The average Bonchev–Trinajstić information content (AvgIpc) is 3.42. The molecule has 5 rings (SSSR count). The van der Waals surface area contributed by atoms with Crippen molar-refractivity contribution >= 4 is 46.0 Å². The molecule has 1 aromatic carbocycles. The number of morpholine rings is 1. The Morgan fingerprint density at radius 2 is 2.00 bits per heavy atom. The predicted octanol–water partition coefficient (Wildman–Crippen LogP) is 5.05. The zero-order chi connectivity index (χ0) is 22.8. The number of aromatic nitrogens is 5. The third-order valence-corrected chi connectivity index (χ3v) is 5.66. The van der Waals surface area contributed by atoms with Crippen molar-refractivity contribution in [2.75, 3.05) is 36.5 Å². The van der Waals surface area contributed by atoms with Crippen LogP contribution in [0.3, 0.4) is 0 Å². The zero-order valence-corrected chi connectivity index (χ0v) is 19.1. The first-order valence-electron chi connectivity index (χ1n) is 10.7. The Morgan fingerprint density at radius 3 is 2.82 bits per heavy atom. The molecule has 0 spiro atoms. The first-order valence-corrected chi connectivity index (χ1v) is 11.1. The standard InChI is InChI=1S/C23H24ClN7O2/c1-3-4-15-12-20(30-29-15)26-19-13-21(31-7-9-32-10-8-31)28-23(27-19)33-18-6-5-17-16(22(18)24)11-14(2)25-17/h3-6,11-13,25H,7-10H2,1-2H3,(H2,26,27,28,29,30)/b4-3+. The molecule has 4 heterocycles. The first-order chi connectivity index (χ1) is 16.1. The smallest absolute Gasteiger partial charge is 0.325 e. The fourth-order valence-electron chi connectivity index (χ4n) is 3.74. The molecule has 0 radical (unpaired) electrons. The highest BCUT2D eigenvalue weighted by Gasteiger charge is 2.18. The molecular weight excluding hydrogens is 442 g/mol. The number of rotatable bonds is 6. The summed E-state index contributed by atoms with van der Waals surface area (Å²) in [5.41, 5.74) is 2.86. The molecule has 0 saturated carbocycles. The average molecular weight is 466 g/mol. The van der Waals surface area contributed by atoms with Crippen molar-refractivity contribution in [1.82, 2.24) is 25.1 Å². The molecule has 9 nitrogen and oxygen atoms in total. The highest BCUT2D eigenvalue weighted by molar-refractivity contribution is 6.37. The molecule has 1 aliphatic heterocycles. The number of halogens is 1. The largest absolute Gasteiger partial charge is 0.423 e. The van der Waals surface area contributed by atoms with E-state index >= 15 is 0 Å². The lowest BCUT2D eigenvalue weighted by Gasteiger charge is -2.28. The second-order valence-electron chi connectivity index (χ2n) is 7.72. The number of hydrogen-bond donors (Lipinski definition) is 3. The summed E-state index contributed by atoms with van der Waals surface area (Å²) in [7, 11) is 0. The minimum atomic E-state index is 0.194. The number of hydrogen-bond acceptors (Lipinski definition) is 7. The Kier molecular flexibility index (Phi) is 5.89. The lowest BCUT2D eigenvalue weighted by molar-refractivity contribution is 0.122. The number of anilines is 3. The second kappa shape index (κ2) is 9.13. The topological polar surface area (TPSA) is 104 Å². The van der Waals surface area contributed by atoms with Crippen molar-refractivity contribution in [3.05, 3.63) is 52.8 Å². The van der Waals surface area contributed by atoms with Gasteiger partial charge in [0.25, 0.3) is 0 Å². The van der Waals surface area contributed by atoms with Gasteiger partial charge in [0.15, 0.2) is 5.82 Å². The van der Waals surface area contributed by atoms with Gasteiger partial charge in [0.05, 0.1) is 23.9 Å². The summed E-state index contributed by atoms with van der Waals surface area (Å²) in [4.78, 5) is 14.6. The summed E-state index contributed by atoms with van der Waals surface area (Å²) in [6.45, 7) is 6.70.